The van der Waals surface area contributed by atoms with Crippen molar-refractivity contribution >= 4 is 0 Å². The van der Waals surface area contributed by atoms with Crippen molar-refractivity contribution in [2.24, 2.45) is 22.2 Å². The highest BCUT2D eigenvalue weighted by Crippen LogP contribution is 2.64. The van der Waals surface area contributed by atoms with E-state index in [1.165, 1.54) is 5.57 Å². The SMILES string of the molecule is CC1(C)C(O)CC[C@@]2(C)C3=C(CC[C@@H]12)[C@@H]1OCC(O)[C@@]1(C)CC3. The summed E-state index contributed by atoms with van der Waals surface area (Å²) in [7, 11) is 0. The second-order valence-electron chi connectivity index (χ2n) is 9.62. The first-order valence-electron chi connectivity index (χ1n) is 9.41. The van der Waals surface area contributed by atoms with Crippen LogP contribution in [0.5, 0.6) is 0 Å². The molecule has 4 rings (SSSR count). The quantitative estimate of drug-likeness (QED) is 0.672. The normalized spacial score (nSPS) is 51.9. The van der Waals surface area contributed by atoms with Crippen LogP contribution in [0.1, 0.15) is 66.2 Å². The number of aliphatic hydroxyl groups is 2. The minimum absolute atomic E-state index is 0.0116. The van der Waals surface area contributed by atoms with E-state index in [4.69, 9.17) is 4.74 Å². The predicted molar refractivity (Wildman–Crippen MR) is 90.0 cm³/mol. The lowest BCUT2D eigenvalue weighted by molar-refractivity contribution is -0.0948. The van der Waals surface area contributed by atoms with Gasteiger partial charge >= 0.3 is 0 Å². The Labute approximate surface area is 140 Å². The van der Waals surface area contributed by atoms with Crippen molar-refractivity contribution < 1.29 is 14.9 Å². The van der Waals surface area contributed by atoms with Crippen molar-refractivity contribution in [1.82, 2.24) is 0 Å². The first-order chi connectivity index (χ1) is 10.7. The predicted octanol–water partition coefficient (Wildman–Crippen LogP) is 3.44. The van der Waals surface area contributed by atoms with Gasteiger partial charge in [-0.1, -0.05) is 33.3 Å². The fraction of sp³-hybridized carbons (Fsp3) is 0.900. The Bertz CT molecular complexity index is 551. The lowest BCUT2D eigenvalue weighted by Crippen LogP contribution is -2.54. The third-order valence-electron chi connectivity index (χ3n) is 8.25. The summed E-state index contributed by atoms with van der Waals surface area (Å²) in [5.41, 5.74) is 3.22. The van der Waals surface area contributed by atoms with Gasteiger partial charge in [0.05, 0.1) is 24.9 Å². The summed E-state index contributed by atoms with van der Waals surface area (Å²) in [6, 6.07) is 0. The molecule has 2 unspecified atom stereocenters. The second kappa shape index (κ2) is 4.83. The van der Waals surface area contributed by atoms with Crippen LogP contribution in [0.15, 0.2) is 11.1 Å². The molecule has 0 amide bonds. The largest absolute Gasteiger partial charge is 0.393 e. The summed E-state index contributed by atoms with van der Waals surface area (Å²) in [4.78, 5) is 0. The lowest BCUT2D eigenvalue weighted by atomic mass is 9.47. The zero-order chi connectivity index (χ0) is 16.6. The smallest absolute Gasteiger partial charge is 0.0868 e. The van der Waals surface area contributed by atoms with Crippen LogP contribution >= 0.6 is 0 Å². The maximum absolute atomic E-state index is 10.5. The van der Waals surface area contributed by atoms with Crippen LogP contribution < -0.4 is 0 Å². The molecule has 1 saturated carbocycles. The third-order valence-corrected chi connectivity index (χ3v) is 8.25. The topological polar surface area (TPSA) is 49.7 Å². The molecule has 0 bridgehead atoms. The molecule has 3 nitrogen and oxygen atoms in total. The van der Waals surface area contributed by atoms with Crippen LogP contribution in [-0.2, 0) is 4.74 Å². The van der Waals surface area contributed by atoms with Crippen LogP contribution in [0.25, 0.3) is 0 Å². The van der Waals surface area contributed by atoms with E-state index in [1.54, 1.807) is 5.57 Å². The molecule has 1 saturated heterocycles. The standard InChI is InChI=1S/C20H32O3/c1-18(2)14-6-5-12-13(19(14,3)10-8-15(18)21)7-9-20(4)16(22)11-23-17(12)20/h14-17,21-22H,5-11H2,1-4H3/t14-,15?,16?,17-,19-,20+/m0/s1. The number of ether oxygens (including phenoxy) is 1. The van der Waals surface area contributed by atoms with Crippen molar-refractivity contribution in [2.75, 3.05) is 6.61 Å². The van der Waals surface area contributed by atoms with Gasteiger partial charge in [0.1, 0.15) is 0 Å². The molecule has 0 aromatic carbocycles. The minimum atomic E-state index is -0.323. The van der Waals surface area contributed by atoms with Crippen molar-refractivity contribution in [2.45, 2.75) is 84.5 Å². The van der Waals surface area contributed by atoms with Gasteiger partial charge in [-0.25, -0.2) is 0 Å². The number of hydrogen-bond acceptors (Lipinski definition) is 3. The Hall–Kier alpha value is -0.380. The van der Waals surface area contributed by atoms with Crippen LogP contribution in [0.2, 0.25) is 0 Å². The van der Waals surface area contributed by atoms with Gasteiger partial charge in [0, 0.05) is 5.41 Å². The Morgan fingerprint density at radius 2 is 1.70 bits per heavy atom. The summed E-state index contributed by atoms with van der Waals surface area (Å²) >= 11 is 0. The highest BCUT2D eigenvalue weighted by Gasteiger charge is 2.59. The van der Waals surface area contributed by atoms with E-state index in [0.717, 1.165) is 38.5 Å². The molecule has 130 valence electrons. The van der Waals surface area contributed by atoms with Crippen molar-refractivity contribution in [3.8, 4) is 0 Å². The van der Waals surface area contributed by atoms with Crippen LogP contribution in [-0.4, -0.2) is 35.1 Å². The van der Waals surface area contributed by atoms with E-state index in [0.29, 0.717) is 12.5 Å². The molecule has 0 radical (unpaired) electrons. The fourth-order valence-corrected chi connectivity index (χ4v) is 6.57. The zero-order valence-electron chi connectivity index (χ0n) is 15.1. The molecule has 0 aromatic heterocycles. The number of hydrogen-bond donors (Lipinski definition) is 2. The number of aliphatic hydroxyl groups excluding tert-OH is 2. The number of rotatable bonds is 0. The van der Waals surface area contributed by atoms with Crippen molar-refractivity contribution in [3.05, 3.63) is 11.1 Å². The molecule has 0 spiro atoms. The molecule has 1 aliphatic heterocycles. The molecule has 1 heterocycles. The highest BCUT2D eigenvalue weighted by atomic mass is 16.5. The maximum Gasteiger partial charge on any atom is 0.0868 e. The molecular formula is C20H32O3. The molecule has 2 fully saturated rings. The van der Waals surface area contributed by atoms with Gasteiger partial charge in [-0.05, 0) is 60.8 Å². The van der Waals surface area contributed by atoms with Gasteiger partial charge in [-0.3, -0.25) is 0 Å². The van der Waals surface area contributed by atoms with Gasteiger partial charge < -0.3 is 14.9 Å². The van der Waals surface area contributed by atoms with Gasteiger partial charge in [-0.2, -0.15) is 0 Å². The molecule has 0 aromatic rings. The summed E-state index contributed by atoms with van der Waals surface area (Å²) in [5, 5.41) is 20.9. The van der Waals surface area contributed by atoms with Crippen LogP contribution in [0, 0.1) is 22.2 Å². The average Bonchev–Trinajstić information content (AvgIpc) is 2.79. The molecule has 4 aliphatic rings. The first kappa shape index (κ1) is 16.1. The van der Waals surface area contributed by atoms with Crippen molar-refractivity contribution in [3.63, 3.8) is 0 Å². The second-order valence-corrected chi connectivity index (χ2v) is 9.62. The van der Waals surface area contributed by atoms with Gasteiger partial charge in [0.25, 0.3) is 0 Å². The van der Waals surface area contributed by atoms with Crippen LogP contribution in [0.3, 0.4) is 0 Å². The van der Waals surface area contributed by atoms with Gasteiger partial charge in [0.2, 0.25) is 0 Å². The van der Waals surface area contributed by atoms with E-state index in [9.17, 15) is 10.2 Å². The van der Waals surface area contributed by atoms with E-state index in [1.807, 2.05) is 0 Å². The molecular weight excluding hydrogens is 288 g/mol. The maximum atomic E-state index is 10.5. The summed E-state index contributed by atoms with van der Waals surface area (Å²) in [6.45, 7) is 9.65. The van der Waals surface area contributed by atoms with Gasteiger partial charge in [-0.15, -0.1) is 0 Å². The highest BCUT2D eigenvalue weighted by molar-refractivity contribution is 5.36. The summed E-state index contributed by atoms with van der Waals surface area (Å²) < 4.78 is 6.08. The van der Waals surface area contributed by atoms with E-state index >= 15 is 0 Å². The summed E-state index contributed by atoms with van der Waals surface area (Å²) in [5.74, 6) is 0.549. The molecule has 6 atom stereocenters. The monoisotopic (exact) mass is 320 g/mol. The van der Waals surface area contributed by atoms with E-state index in [-0.39, 0.29) is 34.6 Å². The zero-order valence-corrected chi connectivity index (χ0v) is 15.1. The molecule has 3 heteroatoms. The Kier molecular flexibility index (Phi) is 3.38. The first-order valence-corrected chi connectivity index (χ1v) is 9.41. The average molecular weight is 320 g/mol. The Balaban J connectivity index is 1.77. The minimum Gasteiger partial charge on any atom is -0.393 e. The Morgan fingerprint density at radius 3 is 2.43 bits per heavy atom. The van der Waals surface area contributed by atoms with Crippen molar-refractivity contribution in [1.29, 1.82) is 0 Å². The summed E-state index contributed by atoms with van der Waals surface area (Å²) in [6.07, 6.45) is 5.97. The molecule has 2 N–H and O–H groups in total. The van der Waals surface area contributed by atoms with Gasteiger partial charge in [0.15, 0.2) is 0 Å². The third kappa shape index (κ3) is 1.93. The lowest BCUT2D eigenvalue weighted by Gasteiger charge is -2.59. The number of fused-ring (bicyclic) bond motifs is 4. The van der Waals surface area contributed by atoms with E-state index < -0.39 is 0 Å². The van der Waals surface area contributed by atoms with Crippen LogP contribution in [0.4, 0.5) is 0 Å². The van der Waals surface area contributed by atoms with E-state index in [2.05, 4.69) is 27.7 Å². The number of allylic oxidation sites excluding steroid dienone is 1. The molecule has 23 heavy (non-hydrogen) atoms. The Morgan fingerprint density at radius 1 is 0.957 bits per heavy atom. The molecule has 3 aliphatic carbocycles. The fourth-order valence-electron chi connectivity index (χ4n) is 6.57.